The molecule has 0 saturated carbocycles. The van der Waals surface area contributed by atoms with E-state index in [0.717, 1.165) is 11.3 Å². The number of carbonyl (C=O) groups is 2. The fraction of sp³-hybridized carbons (Fsp3) is 0.333. The van der Waals surface area contributed by atoms with Crippen LogP contribution in [0.5, 0.6) is 0 Å². The number of amides is 1. The molecule has 4 N–H and O–H groups in total. The van der Waals surface area contributed by atoms with E-state index in [9.17, 15) is 9.59 Å². The van der Waals surface area contributed by atoms with Gasteiger partial charge in [0, 0.05) is 5.69 Å². The minimum atomic E-state index is -0.680. The van der Waals surface area contributed by atoms with Crippen LogP contribution in [-0.4, -0.2) is 27.7 Å². The molecule has 1 amide bonds. The molecular weight excluding hydrogens is 318 g/mol. The molecule has 0 aliphatic rings. The lowest BCUT2D eigenvalue weighted by Gasteiger charge is -2.20. The van der Waals surface area contributed by atoms with E-state index in [1.807, 2.05) is 45.0 Å². The average molecular weight is 341 g/mol. The van der Waals surface area contributed by atoms with Gasteiger partial charge in [0.15, 0.2) is 17.3 Å². The topological polar surface area (TPSA) is 110 Å². The molecule has 0 unspecified atom stereocenters. The minimum absolute atomic E-state index is 0.00354. The van der Waals surface area contributed by atoms with Crippen molar-refractivity contribution < 1.29 is 9.59 Å². The summed E-state index contributed by atoms with van der Waals surface area (Å²) in [6, 6.07) is 7.22. The van der Waals surface area contributed by atoms with E-state index >= 15 is 0 Å². The first kappa shape index (κ1) is 18.4. The third-order valence-corrected chi connectivity index (χ3v) is 3.73. The molecule has 1 heterocycles. The van der Waals surface area contributed by atoms with Crippen molar-refractivity contribution in [3.8, 4) is 0 Å². The second-order valence-electron chi connectivity index (χ2n) is 6.28. The van der Waals surface area contributed by atoms with Crippen molar-refractivity contribution in [1.82, 2.24) is 9.97 Å². The predicted molar refractivity (Wildman–Crippen MR) is 97.9 cm³/mol. The predicted octanol–water partition coefficient (Wildman–Crippen LogP) is 2.65. The highest BCUT2D eigenvalue weighted by molar-refractivity contribution is 5.96. The maximum absolute atomic E-state index is 11.8. The number of nitrogens with one attached hydrogen (secondary N) is 2. The summed E-state index contributed by atoms with van der Waals surface area (Å²) < 4.78 is 0. The van der Waals surface area contributed by atoms with Crippen LogP contribution in [0.1, 0.15) is 36.8 Å². The van der Waals surface area contributed by atoms with Gasteiger partial charge in [-0.05, 0) is 31.9 Å². The van der Waals surface area contributed by atoms with Gasteiger partial charge < -0.3 is 16.4 Å². The minimum Gasteiger partial charge on any atom is -0.364 e. The zero-order valence-electron chi connectivity index (χ0n) is 14.8. The first-order valence-corrected chi connectivity index (χ1v) is 8.05. The van der Waals surface area contributed by atoms with Crippen LogP contribution < -0.4 is 16.4 Å². The third-order valence-electron chi connectivity index (χ3n) is 3.73. The molecule has 2 rings (SSSR count). The number of benzene rings is 1. The van der Waals surface area contributed by atoms with Crippen LogP contribution in [0.15, 0.2) is 30.5 Å². The van der Waals surface area contributed by atoms with Gasteiger partial charge in [-0.2, -0.15) is 0 Å². The Balaban J connectivity index is 2.34. The van der Waals surface area contributed by atoms with Crippen molar-refractivity contribution in [2.75, 3.05) is 10.6 Å². The zero-order chi connectivity index (χ0) is 18.6. The lowest BCUT2D eigenvalue weighted by atomic mass is 10.0. The standard InChI is InChI=1S/C18H23N5O2/c1-10(2)15(12(4)24)22-14-9-20-16(17(19)25)18(23-14)21-13-7-5-11(3)6-8-13/h5-10,15H,1-4H3,(H2,19,25)(H2,21,22,23)/t15-/m1/s1. The summed E-state index contributed by atoms with van der Waals surface area (Å²) in [4.78, 5) is 31.9. The molecular formula is C18H23N5O2. The Morgan fingerprint density at radius 2 is 1.80 bits per heavy atom. The summed E-state index contributed by atoms with van der Waals surface area (Å²) in [6.45, 7) is 7.39. The number of aryl methyl sites for hydroxylation is 1. The van der Waals surface area contributed by atoms with Gasteiger partial charge in [-0.3, -0.25) is 9.59 Å². The molecule has 1 aromatic heterocycles. The molecule has 1 atom stereocenters. The van der Waals surface area contributed by atoms with E-state index in [-0.39, 0.29) is 29.3 Å². The van der Waals surface area contributed by atoms with Crippen molar-refractivity contribution in [1.29, 1.82) is 0 Å². The van der Waals surface area contributed by atoms with Crippen molar-refractivity contribution in [3.63, 3.8) is 0 Å². The van der Waals surface area contributed by atoms with Crippen LogP contribution in [0, 0.1) is 12.8 Å². The second-order valence-corrected chi connectivity index (χ2v) is 6.28. The van der Waals surface area contributed by atoms with Crippen LogP contribution in [0.3, 0.4) is 0 Å². The smallest absolute Gasteiger partial charge is 0.271 e. The number of hydrogen-bond acceptors (Lipinski definition) is 6. The van der Waals surface area contributed by atoms with Crippen LogP contribution in [0.2, 0.25) is 0 Å². The number of nitrogens with zero attached hydrogens (tertiary/aromatic N) is 2. The molecule has 0 bridgehead atoms. The van der Waals surface area contributed by atoms with Gasteiger partial charge in [0.25, 0.3) is 5.91 Å². The normalized spacial score (nSPS) is 11.9. The van der Waals surface area contributed by atoms with Gasteiger partial charge in [0.2, 0.25) is 0 Å². The van der Waals surface area contributed by atoms with Crippen LogP contribution in [0.25, 0.3) is 0 Å². The molecule has 25 heavy (non-hydrogen) atoms. The molecule has 0 aliphatic heterocycles. The van der Waals surface area contributed by atoms with E-state index < -0.39 is 5.91 Å². The number of anilines is 3. The van der Waals surface area contributed by atoms with Gasteiger partial charge in [-0.15, -0.1) is 0 Å². The molecule has 0 radical (unpaired) electrons. The molecule has 2 aromatic rings. The zero-order valence-corrected chi connectivity index (χ0v) is 14.8. The first-order valence-electron chi connectivity index (χ1n) is 8.05. The number of ketones is 1. The summed E-state index contributed by atoms with van der Waals surface area (Å²) >= 11 is 0. The van der Waals surface area contributed by atoms with Gasteiger partial charge in [-0.25, -0.2) is 9.97 Å². The van der Waals surface area contributed by atoms with E-state index in [0.29, 0.717) is 5.82 Å². The van der Waals surface area contributed by atoms with Gasteiger partial charge in [-0.1, -0.05) is 31.5 Å². The molecule has 0 aliphatic carbocycles. The van der Waals surface area contributed by atoms with E-state index in [2.05, 4.69) is 20.6 Å². The maximum atomic E-state index is 11.8. The molecule has 0 fully saturated rings. The Morgan fingerprint density at radius 1 is 1.16 bits per heavy atom. The number of carbonyl (C=O) groups excluding carboxylic acids is 2. The first-order chi connectivity index (χ1) is 11.8. The molecule has 1 aromatic carbocycles. The van der Waals surface area contributed by atoms with Gasteiger partial charge >= 0.3 is 0 Å². The summed E-state index contributed by atoms with van der Waals surface area (Å²) in [5.41, 5.74) is 7.29. The van der Waals surface area contributed by atoms with Gasteiger partial charge in [0.05, 0.1) is 12.2 Å². The van der Waals surface area contributed by atoms with E-state index in [1.165, 1.54) is 13.1 Å². The summed E-state index contributed by atoms with van der Waals surface area (Å²) in [5.74, 6) is 0.0500. The lowest BCUT2D eigenvalue weighted by Crippen LogP contribution is -2.33. The number of aromatic nitrogens is 2. The Morgan fingerprint density at radius 3 is 2.32 bits per heavy atom. The Bertz CT molecular complexity index is 772. The van der Waals surface area contributed by atoms with Crippen molar-refractivity contribution in [2.45, 2.75) is 33.7 Å². The van der Waals surface area contributed by atoms with Gasteiger partial charge in [0.1, 0.15) is 5.82 Å². The highest BCUT2D eigenvalue weighted by atomic mass is 16.1. The van der Waals surface area contributed by atoms with Crippen LogP contribution >= 0.6 is 0 Å². The number of nitrogens with two attached hydrogens (primary N) is 1. The Kier molecular flexibility index (Phi) is 5.69. The maximum Gasteiger partial charge on any atom is 0.271 e. The van der Waals surface area contributed by atoms with Crippen molar-refractivity contribution >= 4 is 29.0 Å². The molecule has 0 spiro atoms. The van der Waals surface area contributed by atoms with Crippen molar-refractivity contribution in [3.05, 3.63) is 41.7 Å². The quantitative estimate of drug-likeness (QED) is 0.714. The number of hydrogen-bond donors (Lipinski definition) is 3. The molecule has 132 valence electrons. The summed E-state index contributed by atoms with van der Waals surface area (Å²) in [5, 5.41) is 6.12. The monoisotopic (exact) mass is 341 g/mol. The summed E-state index contributed by atoms with van der Waals surface area (Å²) in [6.07, 6.45) is 1.40. The lowest BCUT2D eigenvalue weighted by molar-refractivity contribution is -0.118. The summed E-state index contributed by atoms with van der Waals surface area (Å²) in [7, 11) is 0. The van der Waals surface area contributed by atoms with E-state index in [1.54, 1.807) is 0 Å². The van der Waals surface area contributed by atoms with Crippen LogP contribution in [0.4, 0.5) is 17.3 Å². The SMILES string of the molecule is CC(=O)[C@H](Nc1cnc(C(N)=O)c(Nc2ccc(C)cc2)n1)C(C)C. The largest absolute Gasteiger partial charge is 0.364 e. The Hall–Kier alpha value is -2.96. The Labute approximate surface area is 147 Å². The molecule has 7 heteroatoms. The highest BCUT2D eigenvalue weighted by Crippen LogP contribution is 2.20. The second kappa shape index (κ2) is 7.74. The van der Waals surface area contributed by atoms with Crippen LogP contribution in [-0.2, 0) is 4.79 Å². The van der Waals surface area contributed by atoms with E-state index in [4.69, 9.17) is 5.73 Å². The average Bonchev–Trinajstić information content (AvgIpc) is 2.54. The third kappa shape index (κ3) is 4.76. The number of Topliss-reactive ketones (excluding diaryl/α,β-unsaturated/α-hetero) is 1. The fourth-order valence-corrected chi connectivity index (χ4v) is 2.40. The number of primary amides is 1. The highest BCUT2D eigenvalue weighted by Gasteiger charge is 2.20. The van der Waals surface area contributed by atoms with Crippen molar-refractivity contribution in [2.24, 2.45) is 11.7 Å². The fourth-order valence-electron chi connectivity index (χ4n) is 2.40. The molecule has 7 nitrogen and oxygen atoms in total. The molecule has 0 saturated heterocycles. The number of rotatable bonds is 7.